The van der Waals surface area contributed by atoms with Crippen molar-refractivity contribution >= 4 is 15.9 Å². The van der Waals surface area contributed by atoms with E-state index >= 15 is 0 Å². The van der Waals surface area contributed by atoms with Gasteiger partial charge in [0.1, 0.15) is 0 Å². The molecule has 1 spiro atoms. The van der Waals surface area contributed by atoms with Crippen LogP contribution in [0.3, 0.4) is 0 Å². The van der Waals surface area contributed by atoms with Gasteiger partial charge < -0.3 is 14.6 Å². The number of alkyl halides is 1. The number of aliphatic hydroxyl groups is 1. The molecule has 2 aliphatic carbocycles. The van der Waals surface area contributed by atoms with E-state index in [1.807, 2.05) is 0 Å². The number of rotatable bonds is 2. The van der Waals surface area contributed by atoms with E-state index in [9.17, 15) is 5.11 Å². The van der Waals surface area contributed by atoms with E-state index in [1.54, 1.807) is 0 Å². The summed E-state index contributed by atoms with van der Waals surface area (Å²) in [7, 11) is 0. The summed E-state index contributed by atoms with van der Waals surface area (Å²) in [5, 5.41) is 11.0. The van der Waals surface area contributed by atoms with E-state index < -0.39 is 0 Å². The van der Waals surface area contributed by atoms with Gasteiger partial charge in [-0.1, -0.05) is 15.9 Å². The summed E-state index contributed by atoms with van der Waals surface area (Å²) in [5.74, 6) is 0.894. The van der Waals surface area contributed by atoms with Crippen LogP contribution in [0, 0.1) is 17.8 Å². The number of halogens is 1. The standard InChI is InChI=1S/C12H19BrO3/c13-5-4-9-11-8(2-3-10(11)14)12(9)15-6-1-7-16-12/h8-11,14H,1-7H2/t8-,9+,10?,11+/m1/s1. The topological polar surface area (TPSA) is 38.7 Å². The van der Waals surface area contributed by atoms with Crippen molar-refractivity contribution < 1.29 is 14.6 Å². The van der Waals surface area contributed by atoms with Crippen LogP contribution in [-0.2, 0) is 9.47 Å². The Labute approximate surface area is 105 Å². The molecule has 0 radical (unpaired) electrons. The fourth-order valence-corrected chi connectivity index (χ4v) is 4.44. The quantitative estimate of drug-likeness (QED) is 0.790. The lowest BCUT2D eigenvalue weighted by Crippen LogP contribution is -2.67. The Morgan fingerprint density at radius 3 is 2.69 bits per heavy atom. The molecule has 1 heterocycles. The van der Waals surface area contributed by atoms with Crippen LogP contribution in [0.5, 0.6) is 0 Å². The molecule has 0 amide bonds. The minimum absolute atomic E-state index is 0.131. The van der Waals surface area contributed by atoms with E-state index in [0.29, 0.717) is 17.8 Å². The molecule has 3 fully saturated rings. The second-order valence-electron chi connectivity index (χ2n) is 5.18. The second-order valence-corrected chi connectivity index (χ2v) is 5.98. The molecule has 2 saturated carbocycles. The average Bonchev–Trinajstić information content (AvgIpc) is 2.67. The Morgan fingerprint density at radius 2 is 2.00 bits per heavy atom. The molecule has 1 unspecified atom stereocenters. The first-order valence-electron chi connectivity index (χ1n) is 6.31. The van der Waals surface area contributed by atoms with E-state index in [0.717, 1.165) is 44.2 Å². The highest BCUT2D eigenvalue weighted by molar-refractivity contribution is 9.09. The predicted molar refractivity (Wildman–Crippen MR) is 63.4 cm³/mol. The van der Waals surface area contributed by atoms with Crippen molar-refractivity contribution in [2.24, 2.45) is 17.8 Å². The zero-order valence-corrected chi connectivity index (χ0v) is 11.0. The smallest absolute Gasteiger partial charge is 0.174 e. The van der Waals surface area contributed by atoms with Gasteiger partial charge in [-0.25, -0.2) is 0 Å². The summed E-state index contributed by atoms with van der Waals surface area (Å²) in [6.45, 7) is 1.64. The minimum Gasteiger partial charge on any atom is -0.393 e. The summed E-state index contributed by atoms with van der Waals surface area (Å²) < 4.78 is 11.9. The van der Waals surface area contributed by atoms with Crippen LogP contribution in [0.2, 0.25) is 0 Å². The molecule has 3 rings (SSSR count). The van der Waals surface area contributed by atoms with Gasteiger partial charge in [0.15, 0.2) is 5.79 Å². The number of hydrogen-bond acceptors (Lipinski definition) is 3. The SMILES string of the molecule is OC1CC[C@@H]2[C@H]1[C@H](CCBr)C21OCCCO1. The summed E-state index contributed by atoms with van der Waals surface area (Å²) in [6.07, 6.45) is 3.89. The lowest BCUT2D eigenvalue weighted by molar-refractivity contribution is -0.386. The molecule has 0 aromatic rings. The molecule has 0 aromatic heterocycles. The summed E-state index contributed by atoms with van der Waals surface area (Å²) in [4.78, 5) is 0. The zero-order valence-electron chi connectivity index (χ0n) is 9.40. The molecular formula is C12H19BrO3. The third-order valence-electron chi connectivity index (χ3n) is 4.54. The summed E-state index contributed by atoms with van der Waals surface area (Å²) >= 11 is 3.50. The first kappa shape index (κ1) is 11.5. The number of aliphatic hydroxyl groups excluding tert-OH is 1. The van der Waals surface area contributed by atoms with Gasteiger partial charge in [0.25, 0.3) is 0 Å². The van der Waals surface area contributed by atoms with Crippen molar-refractivity contribution in [1.82, 2.24) is 0 Å². The molecule has 0 bridgehead atoms. The summed E-state index contributed by atoms with van der Waals surface area (Å²) in [6, 6.07) is 0. The fraction of sp³-hybridized carbons (Fsp3) is 1.00. The Balaban J connectivity index is 1.81. The fourth-order valence-electron chi connectivity index (χ4n) is 3.95. The maximum absolute atomic E-state index is 10.0. The highest BCUT2D eigenvalue weighted by Gasteiger charge is 2.68. The third-order valence-corrected chi connectivity index (χ3v) is 5.00. The Bertz CT molecular complexity index is 265. The molecule has 1 saturated heterocycles. The number of ether oxygens (including phenoxy) is 2. The van der Waals surface area contributed by atoms with Crippen LogP contribution < -0.4 is 0 Å². The largest absolute Gasteiger partial charge is 0.393 e. The maximum Gasteiger partial charge on any atom is 0.174 e. The van der Waals surface area contributed by atoms with Crippen LogP contribution in [0.15, 0.2) is 0 Å². The van der Waals surface area contributed by atoms with Crippen LogP contribution in [0.4, 0.5) is 0 Å². The lowest BCUT2D eigenvalue weighted by Gasteiger charge is -2.59. The van der Waals surface area contributed by atoms with Crippen LogP contribution in [0.1, 0.15) is 25.7 Å². The average molecular weight is 291 g/mol. The van der Waals surface area contributed by atoms with E-state index in [1.165, 1.54) is 0 Å². The Hall–Kier alpha value is 0.360. The molecule has 16 heavy (non-hydrogen) atoms. The Kier molecular flexibility index (Phi) is 3.03. The van der Waals surface area contributed by atoms with Crippen molar-refractivity contribution in [3.8, 4) is 0 Å². The van der Waals surface area contributed by atoms with Gasteiger partial charge in [-0.05, 0) is 25.7 Å². The molecule has 1 N–H and O–H groups in total. The van der Waals surface area contributed by atoms with Crippen molar-refractivity contribution in [1.29, 1.82) is 0 Å². The molecular weight excluding hydrogens is 272 g/mol. The highest BCUT2D eigenvalue weighted by Crippen LogP contribution is 2.62. The van der Waals surface area contributed by atoms with Gasteiger partial charge in [0.05, 0.1) is 19.3 Å². The second kappa shape index (κ2) is 4.23. The molecule has 1 aliphatic heterocycles. The maximum atomic E-state index is 10.0. The van der Waals surface area contributed by atoms with Crippen LogP contribution >= 0.6 is 15.9 Å². The normalized spacial score (nSPS) is 45.4. The highest BCUT2D eigenvalue weighted by atomic mass is 79.9. The minimum atomic E-state index is -0.339. The van der Waals surface area contributed by atoms with Gasteiger partial charge in [-0.2, -0.15) is 0 Å². The monoisotopic (exact) mass is 290 g/mol. The first-order valence-corrected chi connectivity index (χ1v) is 7.43. The van der Waals surface area contributed by atoms with Gasteiger partial charge in [0.2, 0.25) is 0 Å². The van der Waals surface area contributed by atoms with E-state index in [2.05, 4.69) is 15.9 Å². The molecule has 0 aromatic carbocycles. The molecule has 92 valence electrons. The molecule has 3 aliphatic rings. The van der Waals surface area contributed by atoms with Crippen LogP contribution in [-0.4, -0.2) is 35.5 Å². The Morgan fingerprint density at radius 1 is 1.25 bits per heavy atom. The van der Waals surface area contributed by atoms with Crippen molar-refractivity contribution in [3.63, 3.8) is 0 Å². The third kappa shape index (κ3) is 1.43. The zero-order chi connectivity index (χ0) is 11.2. The van der Waals surface area contributed by atoms with Crippen molar-refractivity contribution in [2.45, 2.75) is 37.6 Å². The van der Waals surface area contributed by atoms with E-state index in [4.69, 9.17) is 9.47 Å². The van der Waals surface area contributed by atoms with Crippen molar-refractivity contribution in [2.75, 3.05) is 18.5 Å². The van der Waals surface area contributed by atoms with Gasteiger partial charge in [-0.3, -0.25) is 0 Å². The summed E-state index contributed by atoms with van der Waals surface area (Å²) in [5.41, 5.74) is 0. The van der Waals surface area contributed by atoms with Crippen LogP contribution in [0.25, 0.3) is 0 Å². The predicted octanol–water partition coefficient (Wildman–Crippen LogP) is 1.92. The number of hydrogen-bond donors (Lipinski definition) is 1. The van der Waals surface area contributed by atoms with Gasteiger partial charge in [-0.15, -0.1) is 0 Å². The van der Waals surface area contributed by atoms with Gasteiger partial charge in [0, 0.05) is 23.1 Å². The first-order chi connectivity index (χ1) is 7.79. The number of fused-ring (bicyclic) bond motifs is 2. The molecule has 4 heteroatoms. The lowest BCUT2D eigenvalue weighted by atomic mass is 9.59. The van der Waals surface area contributed by atoms with E-state index in [-0.39, 0.29) is 11.9 Å². The van der Waals surface area contributed by atoms with Gasteiger partial charge >= 0.3 is 0 Å². The molecule has 3 nitrogen and oxygen atoms in total. The molecule has 4 atom stereocenters. The van der Waals surface area contributed by atoms with Crippen molar-refractivity contribution in [3.05, 3.63) is 0 Å².